The maximum atomic E-state index is 5.12. The standard InChI is InChI=1S/C28H34N6/c1-3-4-16-25-29-27(26-22(2)31-34(28(26)30-25)24-14-9-6-10-15-24)33-18-11-17-32(19-20-33)21-23-12-7-5-8-13-23/h5-10,12-15H,3-4,11,16-21H2,1-2H3. The Morgan fingerprint density at radius 3 is 2.38 bits per heavy atom. The molecule has 0 bridgehead atoms. The lowest BCUT2D eigenvalue weighted by atomic mass is 10.2. The molecule has 6 nitrogen and oxygen atoms in total. The molecule has 2 aromatic carbocycles. The van der Waals surface area contributed by atoms with Crippen molar-refractivity contribution in [3.63, 3.8) is 0 Å². The van der Waals surface area contributed by atoms with Crippen molar-refractivity contribution in [2.24, 2.45) is 0 Å². The molecule has 2 aromatic heterocycles. The Morgan fingerprint density at radius 2 is 1.62 bits per heavy atom. The second kappa shape index (κ2) is 10.3. The van der Waals surface area contributed by atoms with E-state index in [1.165, 1.54) is 5.56 Å². The lowest BCUT2D eigenvalue weighted by Crippen LogP contribution is -2.31. The monoisotopic (exact) mass is 454 g/mol. The van der Waals surface area contributed by atoms with Gasteiger partial charge in [-0.3, -0.25) is 4.90 Å². The van der Waals surface area contributed by atoms with Gasteiger partial charge in [0.25, 0.3) is 0 Å². The van der Waals surface area contributed by atoms with Gasteiger partial charge in [-0.1, -0.05) is 61.9 Å². The Balaban J connectivity index is 1.48. The topological polar surface area (TPSA) is 50.1 Å². The van der Waals surface area contributed by atoms with E-state index in [4.69, 9.17) is 15.1 Å². The highest BCUT2D eigenvalue weighted by atomic mass is 15.3. The average Bonchev–Trinajstić information content (AvgIpc) is 3.04. The van der Waals surface area contributed by atoms with Gasteiger partial charge in [-0.15, -0.1) is 0 Å². The number of anilines is 1. The first-order chi connectivity index (χ1) is 16.7. The minimum atomic E-state index is 0.895. The summed E-state index contributed by atoms with van der Waals surface area (Å²) in [4.78, 5) is 15.2. The van der Waals surface area contributed by atoms with Gasteiger partial charge in [0, 0.05) is 39.1 Å². The average molecular weight is 455 g/mol. The number of unbranched alkanes of at least 4 members (excludes halogenated alkanes) is 1. The second-order valence-corrected chi connectivity index (χ2v) is 9.20. The Labute approximate surface area is 202 Å². The van der Waals surface area contributed by atoms with E-state index in [1.54, 1.807) is 0 Å². The Bertz CT molecular complexity index is 1220. The normalized spacial score (nSPS) is 15.1. The Morgan fingerprint density at radius 1 is 0.853 bits per heavy atom. The molecule has 0 radical (unpaired) electrons. The predicted octanol–water partition coefficient (Wildman–Crippen LogP) is 5.18. The lowest BCUT2D eigenvalue weighted by Gasteiger charge is -2.24. The molecule has 1 aliphatic rings. The van der Waals surface area contributed by atoms with E-state index in [9.17, 15) is 0 Å². The van der Waals surface area contributed by atoms with Crippen LogP contribution >= 0.6 is 0 Å². The molecule has 0 spiro atoms. The minimum absolute atomic E-state index is 0.895. The summed E-state index contributed by atoms with van der Waals surface area (Å²) in [6.45, 7) is 9.39. The van der Waals surface area contributed by atoms with Crippen LogP contribution in [-0.4, -0.2) is 50.8 Å². The van der Waals surface area contributed by atoms with Gasteiger partial charge in [0.05, 0.1) is 16.8 Å². The molecule has 0 amide bonds. The molecule has 4 aromatic rings. The quantitative estimate of drug-likeness (QED) is 0.385. The zero-order chi connectivity index (χ0) is 23.3. The van der Waals surface area contributed by atoms with E-state index in [0.717, 1.165) is 92.5 Å². The number of benzene rings is 2. The fourth-order valence-electron chi connectivity index (χ4n) is 4.81. The Hall–Kier alpha value is -3.25. The first kappa shape index (κ1) is 22.5. The van der Waals surface area contributed by atoms with Crippen molar-refractivity contribution in [3.8, 4) is 5.69 Å². The number of hydrogen-bond donors (Lipinski definition) is 0. The zero-order valence-electron chi connectivity index (χ0n) is 20.3. The van der Waals surface area contributed by atoms with Crippen molar-refractivity contribution in [3.05, 3.63) is 77.7 Å². The van der Waals surface area contributed by atoms with Crippen molar-refractivity contribution in [1.82, 2.24) is 24.6 Å². The van der Waals surface area contributed by atoms with Crippen LogP contribution in [0.15, 0.2) is 60.7 Å². The molecule has 0 aliphatic carbocycles. The van der Waals surface area contributed by atoms with Crippen molar-refractivity contribution >= 4 is 16.9 Å². The van der Waals surface area contributed by atoms with Crippen LogP contribution in [0.1, 0.15) is 43.3 Å². The van der Waals surface area contributed by atoms with Gasteiger partial charge in [0.1, 0.15) is 11.6 Å². The third kappa shape index (κ3) is 4.82. The van der Waals surface area contributed by atoms with Crippen LogP contribution in [0.3, 0.4) is 0 Å². The van der Waals surface area contributed by atoms with E-state index in [0.29, 0.717) is 0 Å². The lowest BCUT2D eigenvalue weighted by molar-refractivity contribution is 0.285. The van der Waals surface area contributed by atoms with Gasteiger partial charge in [-0.05, 0) is 37.5 Å². The van der Waals surface area contributed by atoms with E-state index < -0.39 is 0 Å². The molecule has 5 rings (SSSR count). The maximum Gasteiger partial charge on any atom is 0.168 e. The molecule has 0 unspecified atom stereocenters. The largest absolute Gasteiger partial charge is 0.355 e. The van der Waals surface area contributed by atoms with Crippen LogP contribution in [0.25, 0.3) is 16.7 Å². The summed E-state index contributed by atoms with van der Waals surface area (Å²) < 4.78 is 1.99. The molecule has 34 heavy (non-hydrogen) atoms. The molecule has 1 saturated heterocycles. The third-order valence-electron chi connectivity index (χ3n) is 6.62. The Kier molecular flexibility index (Phi) is 6.86. The molecule has 1 aliphatic heterocycles. The predicted molar refractivity (Wildman–Crippen MR) is 139 cm³/mol. The smallest absolute Gasteiger partial charge is 0.168 e. The minimum Gasteiger partial charge on any atom is -0.355 e. The molecule has 3 heterocycles. The first-order valence-electron chi connectivity index (χ1n) is 12.6. The van der Waals surface area contributed by atoms with Gasteiger partial charge < -0.3 is 4.90 Å². The molecular formula is C28H34N6. The van der Waals surface area contributed by atoms with Gasteiger partial charge in [-0.25, -0.2) is 14.6 Å². The van der Waals surface area contributed by atoms with Crippen LogP contribution < -0.4 is 4.90 Å². The van der Waals surface area contributed by atoms with E-state index in [2.05, 4.69) is 66.1 Å². The van der Waals surface area contributed by atoms with Crippen molar-refractivity contribution in [1.29, 1.82) is 0 Å². The van der Waals surface area contributed by atoms with Crippen molar-refractivity contribution in [2.45, 2.75) is 46.1 Å². The molecule has 1 fully saturated rings. The highest BCUT2D eigenvalue weighted by Crippen LogP contribution is 2.30. The molecule has 0 saturated carbocycles. The molecule has 0 N–H and O–H groups in total. The van der Waals surface area contributed by atoms with Crippen molar-refractivity contribution < 1.29 is 0 Å². The number of para-hydroxylation sites is 1. The molecule has 0 atom stereocenters. The van der Waals surface area contributed by atoms with Crippen LogP contribution in [0.5, 0.6) is 0 Å². The molecular weight excluding hydrogens is 420 g/mol. The number of hydrogen-bond acceptors (Lipinski definition) is 5. The van der Waals surface area contributed by atoms with Crippen LogP contribution in [-0.2, 0) is 13.0 Å². The van der Waals surface area contributed by atoms with Gasteiger partial charge in [0.2, 0.25) is 0 Å². The molecule has 176 valence electrons. The number of nitrogens with zero attached hydrogens (tertiary/aromatic N) is 6. The summed E-state index contributed by atoms with van der Waals surface area (Å²) in [5.74, 6) is 1.98. The third-order valence-corrected chi connectivity index (χ3v) is 6.62. The van der Waals surface area contributed by atoms with Gasteiger partial charge in [-0.2, -0.15) is 5.10 Å². The second-order valence-electron chi connectivity index (χ2n) is 9.20. The first-order valence-corrected chi connectivity index (χ1v) is 12.6. The van der Waals surface area contributed by atoms with E-state index >= 15 is 0 Å². The summed E-state index contributed by atoms with van der Waals surface area (Å²) in [6, 6.07) is 21.1. The maximum absolute atomic E-state index is 5.12. The van der Waals surface area contributed by atoms with Crippen LogP contribution in [0.2, 0.25) is 0 Å². The van der Waals surface area contributed by atoms with Crippen LogP contribution in [0, 0.1) is 6.92 Å². The van der Waals surface area contributed by atoms with Gasteiger partial charge in [0.15, 0.2) is 5.65 Å². The van der Waals surface area contributed by atoms with E-state index in [1.807, 2.05) is 22.9 Å². The fraction of sp³-hybridized carbons (Fsp3) is 0.393. The number of aryl methyl sites for hydroxylation is 2. The number of aromatic nitrogens is 4. The highest BCUT2D eigenvalue weighted by Gasteiger charge is 2.23. The fourth-order valence-corrected chi connectivity index (χ4v) is 4.81. The summed E-state index contributed by atoms with van der Waals surface area (Å²) in [7, 11) is 0. The summed E-state index contributed by atoms with van der Waals surface area (Å²) in [6.07, 6.45) is 4.24. The summed E-state index contributed by atoms with van der Waals surface area (Å²) in [5, 5.41) is 5.99. The molecule has 6 heteroatoms. The number of fused-ring (bicyclic) bond motifs is 1. The van der Waals surface area contributed by atoms with Crippen molar-refractivity contribution in [2.75, 3.05) is 31.1 Å². The van der Waals surface area contributed by atoms with E-state index in [-0.39, 0.29) is 0 Å². The van der Waals surface area contributed by atoms with Gasteiger partial charge >= 0.3 is 0 Å². The summed E-state index contributed by atoms with van der Waals surface area (Å²) >= 11 is 0. The summed E-state index contributed by atoms with van der Waals surface area (Å²) in [5.41, 5.74) is 4.32. The SMILES string of the molecule is CCCCc1nc(N2CCCN(Cc3ccccc3)CC2)c2c(C)nn(-c3ccccc3)c2n1. The zero-order valence-corrected chi connectivity index (χ0v) is 20.3. The highest BCUT2D eigenvalue weighted by molar-refractivity contribution is 5.91. The number of rotatable bonds is 7. The van der Waals surface area contributed by atoms with Crippen LogP contribution in [0.4, 0.5) is 5.82 Å².